The van der Waals surface area contributed by atoms with E-state index >= 15 is 0 Å². The van der Waals surface area contributed by atoms with E-state index in [9.17, 15) is 4.79 Å². The largest absolute Gasteiger partial charge is 0.369 e. The lowest BCUT2D eigenvalue weighted by atomic mass is 9.96. The van der Waals surface area contributed by atoms with Crippen molar-refractivity contribution in [1.29, 1.82) is 0 Å². The van der Waals surface area contributed by atoms with Gasteiger partial charge in [0, 0.05) is 56.0 Å². The summed E-state index contributed by atoms with van der Waals surface area (Å²) < 4.78 is 0. The summed E-state index contributed by atoms with van der Waals surface area (Å²) in [6.07, 6.45) is 3.64. The summed E-state index contributed by atoms with van der Waals surface area (Å²) in [7, 11) is 0. The molecule has 2 aromatic rings. The fraction of sp³-hybridized carbons (Fsp3) is 0.474. The lowest BCUT2D eigenvalue weighted by Gasteiger charge is -2.34. The Morgan fingerprint density at radius 1 is 1.04 bits per heavy atom. The van der Waals surface area contributed by atoms with Crippen molar-refractivity contribution in [3.63, 3.8) is 0 Å². The summed E-state index contributed by atoms with van der Waals surface area (Å²) >= 11 is 0. The molecule has 132 valence electrons. The summed E-state index contributed by atoms with van der Waals surface area (Å²) in [6, 6.07) is 8.51. The molecule has 6 nitrogen and oxygen atoms in total. The molecule has 2 saturated heterocycles. The smallest absolute Gasteiger partial charge is 0.220 e. The van der Waals surface area contributed by atoms with E-state index in [4.69, 9.17) is 10.7 Å². The van der Waals surface area contributed by atoms with Crippen LogP contribution in [-0.4, -0.2) is 50.2 Å². The van der Waals surface area contributed by atoms with Gasteiger partial charge in [-0.25, -0.2) is 4.98 Å². The highest BCUT2D eigenvalue weighted by molar-refractivity contribution is 6.00. The molecular weight excluding hydrogens is 314 g/mol. The highest BCUT2D eigenvalue weighted by Gasteiger charge is 2.25. The van der Waals surface area contributed by atoms with Gasteiger partial charge in [0.25, 0.3) is 0 Å². The third kappa shape index (κ3) is 3.14. The van der Waals surface area contributed by atoms with E-state index in [2.05, 4.69) is 39.4 Å². The molecule has 1 amide bonds. The van der Waals surface area contributed by atoms with Crippen LogP contribution in [0.15, 0.2) is 30.5 Å². The highest BCUT2D eigenvalue weighted by atomic mass is 16.1. The van der Waals surface area contributed by atoms with Gasteiger partial charge in [0.1, 0.15) is 5.82 Å². The molecule has 0 saturated carbocycles. The molecule has 0 aliphatic carbocycles. The molecule has 0 bridgehead atoms. The van der Waals surface area contributed by atoms with Gasteiger partial charge in [-0.3, -0.25) is 4.79 Å². The minimum absolute atomic E-state index is 0.00244. The van der Waals surface area contributed by atoms with Crippen LogP contribution in [0, 0.1) is 5.92 Å². The Balaban J connectivity index is 1.66. The Morgan fingerprint density at radius 2 is 1.72 bits per heavy atom. The summed E-state index contributed by atoms with van der Waals surface area (Å²) in [6.45, 7) is 5.70. The number of piperidine rings is 1. The maximum absolute atomic E-state index is 11.4. The average Bonchev–Trinajstić information content (AvgIpc) is 2.68. The number of hydrogen-bond acceptors (Lipinski definition) is 5. The molecule has 1 aromatic carbocycles. The standard InChI is InChI=1S/C19H25N5O/c20-18(25)14-5-9-24(10-6-14)19-16-4-2-1-3-15(16)17(13-22-19)23-11-7-21-8-12-23/h1-4,13-14,21H,5-12H2,(H2,20,25). The van der Waals surface area contributed by atoms with Crippen molar-refractivity contribution in [3.05, 3.63) is 30.5 Å². The predicted octanol–water partition coefficient (Wildman–Crippen LogP) is 1.35. The zero-order valence-electron chi connectivity index (χ0n) is 14.4. The molecule has 2 aliphatic rings. The number of carbonyl (C=O) groups excluding carboxylic acids is 1. The molecule has 6 heteroatoms. The van der Waals surface area contributed by atoms with Crippen molar-refractivity contribution < 1.29 is 4.79 Å². The van der Waals surface area contributed by atoms with E-state index in [0.717, 1.165) is 57.9 Å². The average molecular weight is 339 g/mol. The Kier molecular flexibility index (Phi) is 4.44. The Hall–Kier alpha value is -2.34. The number of pyridine rings is 1. The van der Waals surface area contributed by atoms with Gasteiger partial charge in [-0.05, 0) is 12.8 Å². The van der Waals surface area contributed by atoms with Crippen molar-refractivity contribution in [2.75, 3.05) is 49.1 Å². The monoisotopic (exact) mass is 339 g/mol. The number of benzene rings is 1. The molecule has 2 aliphatic heterocycles. The predicted molar refractivity (Wildman–Crippen MR) is 101 cm³/mol. The maximum Gasteiger partial charge on any atom is 0.220 e. The van der Waals surface area contributed by atoms with E-state index in [1.165, 1.54) is 16.5 Å². The van der Waals surface area contributed by atoms with Crippen LogP contribution >= 0.6 is 0 Å². The van der Waals surface area contributed by atoms with Gasteiger partial charge in [0.2, 0.25) is 5.91 Å². The van der Waals surface area contributed by atoms with Gasteiger partial charge >= 0.3 is 0 Å². The fourth-order valence-corrected chi connectivity index (χ4v) is 3.95. The number of carbonyl (C=O) groups is 1. The van der Waals surface area contributed by atoms with E-state index in [-0.39, 0.29) is 11.8 Å². The number of rotatable bonds is 3. The zero-order chi connectivity index (χ0) is 17.2. The third-order valence-electron chi connectivity index (χ3n) is 5.41. The highest BCUT2D eigenvalue weighted by Crippen LogP contribution is 2.34. The first-order chi connectivity index (χ1) is 12.2. The van der Waals surface area contributed by atoms with E-state index in [1.54, 1.807) is 0 Å². The van der Waals surface area contributed by atoms with Crippen LogP contribution in [0.25, 0.3) is 10.8 Å². The number of primary amides is 1. The minimum Gasteiger partial charge on any atom is -0.369 e. The summed E-state index contributed by atoms with van der Waals surface area (Å²) in [5, 5.41) is 5.85. The lowest BCUT2D eigenvalue weighted by Crippen LogP contribution is -2.43. The molecule has 0 unspecified atom stereocenters. The molecule has 3 heterocycles. The summed E-state index contributed by atoms with van der Waals surface area (Å²) in [5.74, 6) is 0.853. The van der Waals surface area contributed by atoms with Crippen molar-refractivity contribution in [3.8, 4) is 0 Å². The van der Waals surface area contributed by atoms with E-state index in [0.29, 0.717) is 0 Å². The van der Waals surface area contributed by atoms with Gasteiger partial charge in [0.15, 0.2) is 0 Å². The Labute approximate surface area is 148 Å². The summed E-state index contributed by atoms with van der Waals surface area (Å²) in [5.41, 5.74) is 6.68. The first-order valence-electron chi connectivity index (χ1n) is 9.12. The second kappa shape index (κ2) is 6.88. The number of anilines is 2. The van der Waals surface area contributed by atoms with E-state index < -0.39 is 0 Å². The molecule has 3 N–H and O–H groups in total. The number of fused-ring (bicyclic) bond motifs is 1. The molecule has 4 rings (SSSR count). The molecule has 25 heavy (non-hydrogen) atoms. The molecular formula is C19H25N5O. The van der Waals surface area contributed by atoms with Crippen molar-refractivity contribution in [2.24, 2.45) is 11.7 Å². The van der Waals surface area contributed by atoms with E-state index in [1.807, 2.05) is 6.20 Å². The first kappa shape index (κ1) is 16.1. The number of hydrogen-bond donors (Lipinski definition) is 2. The van der Waals surface area contributed by atoms with Crippen molar-refractivity contribution in [1.82, 2.24) is 10.3 Å². The quantitative estimate of drug-likeness (QED) is 0.883. The van der Waals surface area contributed by atoms with Gasteiger partial charge < -0.3 is 20.9 Å². The van der Waals surface area contributed by atoms with Crippen LogP contribution in [0.1, 0.15) is 12.8 Å². The zero-order valence-corrected chi connectivity index (χ0v) is 14.4. The van der Waals surface area contributed by atoms with Crippen LogP contribution in [0.3, 0.4) is 0 Å². The van der Waals surface area contributed by atoms with Crippen LogP contribution in [0.4, 0.5) is 11.5 Å². The molecule has 1 aromatic heterocycles. The molecule has 0 spiro atoms. The normalized spacial score (nSPS) is 19.4. The number of amides is 1. The SMILES string of the molecule is NC(=O)C1CCN(c2ncc(N3CCNCC3)c3ccccc23)CC1. The van der Waals surface area contributed by atoms with Crippen molar-refractivity contribution in [2.45, 2.75) is 12.8 Å². The lowest BCUT2D eigenvalue weighted by molar-refractivity contribution is -0.122. The number of nitrogens with zero attached hydrogens (tertiary/aromatic N) is 3. The Bertz CT molecular complexity index is 763. The number of nitrogens with one attached hydrogen (secondary N) is 1. The topological polar surface area (TPSA) is 74.5 Å². The number of nitrogens with two attached hydrogens (primary N) is 1. The van der Waals surface area contributed by atoms with Gasteiger partial charge in [-0.15, -0.1) is 0 Å². The van der Waals surface area contributed by atoms with Gasteiger partial charge in [-0.2, -0.15) is 0 Å². The third-order valence-corrected chi connectivity index (χ3v) is 5.41. The number of piperazine rings is 1. The maximum atomic E-state index is 11.4. The fourth-order valence-electron chi connectivity index (χ4n) is 3.95. The molecule has 0 radical (unpaired) electrons. The second-order valence-corrected chi connectivity index (χ2v) is 6.91. The molecule has 0 atom stereocenters. The number of aromatic nitrogens is 1. The van der Waals surface area contributed by atoms with Crippen LogP contribution in [-0.2, 0) is 4.79 Å². The second-order valence-electron chi connectivity index (χ2n) is 6.91. The van der Waals surface area contributed by atoms with Crippen LogP contribution in [0.5, 0.6) is 0 Å². The molecule has 2 fully saturated rings. The van der Waals surface area contributed by atoms with Crippen LogP contribution in [0.2, 0.25) is 0 Å². The van der Waals surface area contributed by atoms with Crippen molar-refractivity contribution >= 4 is 28.2 Å². The van der Waals surface area contributed by atoms with Gasteiger partial charge in [0.05, 0.1) is 11.9 Å². The van der Waals surface area contributed by atoms with Gasteiger partial charge in [-0.1, -0.05) is 24.3 Å². The minimum atomic E-state index is -0.175. The Morgan fingerprint density at radius 3 is 2.40 bits per heavy atom. The van der Waals surface area contributed by atoms with Crippen LogP contribution < -0.4 is 20.9 Å². The summed E-state index contributed by atoms with van der Waals surface area (Å²) in [4.78, 5) is 20.9. The first-order valence-corrected chi connectivity index (χ1v) is 9.12.